The van der Waals surface area contributed by atoms with Gasteiger partial charge in [0.05, 0.1) is 47.4 Å². The first-order chi connectivity index (χ1) is 46.7. The van der Waals surface area contributed by atoms with Crippen LogP contribution in [-0.4, -0.2) is 92.9 Å². The third kappa shape index (κ3) is 16.9. The maximum absolute atomic E-state index is 14.4. The molecule has 530 valence electrons. The average Bonchev–Trinajstić information content (AvgIpc) is 1.76. The predicted octanol–water partition coefficient (Wildman–Crippen LogP) is 15.2. The van der Waals surface area contributed by atoms with E-state index in [1.807, 2.05) is 0 Å². The summed E-state index contributed by atoms with van der Waals surface area (Å²) in [7, 11) is 2.90. The van der Waals surface area contributed by atoms with Gasteiger partial charge < -0.3 is 29.5 Å². The van der Waals surface area contributed by atoms with Gasteiger partial charge in [0.1, 0.15) is 17.9 Å². The Labute approximate surface area is 555 Å². The summed E-state index contributed by atoms with van der Waals surface area (Å²) in [6.45, 7) is -0.158. The van der Waals surface area contributed by atoms with Gasteiger partial charge in [-0.15, -0.1) is 10.2 Å². The van der Waals surface area contributed by atoms with Gasteiger partial charge in [-0.2, -0.15) is 62.3 Å². The second-order valence-corrected chi connectivity index (χ2v) is 25.9. The predicted molar refractivity (Wildman–Crippen MR) is 328 cm³/mol. The molecule has 0 amide bonds. The molecule has 4 fully saturated rings. The van der Waals surface area contributed by atoms with Gasteiger partial charge in [0, 0.05) is 98.2 Å². The first-order valence-electron chi connectivity index (χ1n) is 32.0. The Hall–Kier alpha value is -8.94. The number of fused-ring (bicyclic) bond motifs is 2. The van der Waals surface area contributed by atoms with Crippen molar-refractivity contribution in [2.45, 2.75) is 153 Å². The van der Waals surface area contributed by atoms with E-state index < -0.39 is 89.3 Å². The zero-order chi connectivity index (χ0) is 71.0. The van der Waals surface area contributed by atoms with Crippen molar-refractivity contribution in [2.75, 3.05) is 32.7 Å². The number of aryl methyl sites for hydroxylation is 2. The molecule has 0 unspecified atom stereocenters. The summed E-state index contributed by atoms with van der Waals surface area (Å²) < 4.78 is 222. The van der Waals surface area contributed by atoms with Gasteiger partial charge in [0.25, 0.3) is 11.9 Å². The Bertz CT molecular complexity index is 4160. The molecule has 0 radical (unpaired) electrons. The third-order valence-corrected chi connectivity index (χ3v) is 19.1. The van der Waals surface area contributed by atoms with Gasteiger partial charge in [0.2, 0.25) is 0 Å². The van der Waals surface area contributed by atoms with Gasteiger partial charge in [-0.25, -0.2) is 27.5 Å². The van der Waals surface area contributed by atoms with Gasteiger partial charge in [-0.3, -0.25) is 4.79 Å². The molecule has 99 heavy (non-hydrogen) atoms. The summed E-state index contributed by atoms with van der Waals surface area (Å²) in [6, 6.07) is 9.83. The van der Waals surface area contributed by atoms with E-state index in [-0.39, 0.29) is 106 Å². The molecule has 0 bridgehead atoms. The number of hydrogen-bond donors (Lipinski definition) is 1. The van der Waals surface area contributed by atoms with Crippen LogP contribution in [0.4, 0.5) is 93.8 Å². The van der Waals surface area contributed by atoms with E-state index in [1.54, 1.807) is 12.1 Å². The molecule has 2 saturated carbocycles. The number of pyridine rings is 2. The van der Waals surface area contributed by atoms with Crippen molar-refractivity contribution in [3.05, 3.63) is 141 Å². The lowest BCUT2D eigenvalue weighted by Crippen LogP contribution is -2.39. The number of aliphatic carboxylic acids is 1. The Kier molecular flexibility index (Phi) is 20.7. The Morgan fingerprint density at radius 2 is 0.859 bits per heavy atom. The van der Waals surface area contributed by atoms with Crippen LogP contribution in [0.15, 0.2) is 72.8 Å². The summed E-state index contributed by atoms with van der Waals surface area (Å²) in [5.41, 5.74) is -5.23. The first-order valence-corrected chi connectivity index (χ1v) is 32.0. The molecule has 2 aliphatic carbocycles. The number of carboxylic acid groups (broad SMARTS) is 1. The van der Waals surface area contributed by atoms with Crippen LogP contribution in [0.1, 0.15) is 134 Å². The molecule has 0 spiro atoms. The number of carbonyl (C=O) groups excluding carboxylic acids is 1. The Morgan fingerprint density at radius 1 is 0.495 bits per heavy atom. The number of hydrogen-bond acceptors (Lipinski definition) is 14. The lowest BCUT2D eigenvalue weighted by Gasteiger charge is -2.38. The summed E-state index contributed by atoms with van der Waals surface area (Å²) in [4.78, 5) is 41.0. The second kappa shape index (κ2) is 28.7. The highest BCUT2D eigenvalue weighted by molar-refractivity contribution is 5.83. The monoisotopic (exact) mass is 1410 g/mol. The van der Waals surface area contributed by atoms with E-state index in [4.69, 9.17) is 9.97 Å². The number of aldehydes is 1. The van der Waals surface area contributed by atoms with E-state index in [1.165, 1.54) is 23.9 Å². The maximum atomic E-state index is 14.4. The standard InChI is InChI=1S/C33H33F8N7O2.C33H33F8N7O/c1-46-44-31(43-45-46)47(16-19-9-23(32(36,37)38)14-24(10-19)33(39,40)41)17-22-12-21-13-25(34)26(35)15-27(21)42-30(22)48-8-2-3-28(48)20-6-4-18(5-7-20)11-29(49)50;1-46-44-31(43-45-46)47(17-20-11-24(32(36,37)38)15-25(12-20)33(39,40)41)18-23-13-22-14-26(34)27(35)16-28(22)42-30(23)48-9-2-3-29(48)21-6-4-19(5-7-21)8-10-49/h9-10,12-15,18,20,28H,2-8,11,16-17H2,1H3,(H,49,50);10-16,19,21,29H,2-9,17-18H2,1H3/t18?,20?,28-;19?,21?,29-/m11/s1. The number of anilines is 4. The number of carbonyl (C=O) groups is 2. The van der Waals surface area contributed by atoms with Gasteiger partial charge in [-0.1, -0.05) is 10.2 Å². The molecular weight excluding hydrogens is 1340 g/mol. The molecule has 17 nitrogen and oxygen atoms in total. The van der Waals surface area contributed by atoms with Crippen molar-refractivity contribution in [3.8, 4) is 0 Å². The summed E-state index contributed by atoms with van der Waals surface area (Å²) in [5.74, 6) is -3.67. The molecule has 2 aliphatic heterocycles. The lowest BCUT2D eigenvalue weighted by molar-refractivity contribution is -0.144. The molecule has 2 saturated heterocycles. The van der Waals surface area contributed by atoms with Crippen LogP contribution in [-0.2, 0) is 74.6 Å². The largest absolute Gasteiger partial charge is 0.481 e. The van der Waals surface area contributed by atoms with E-state index >= 15 is 0 Å². The van der Waals surface area contributed by atoms with Gasteiger partial charge >= 0.3 is 30.7 Å². The van der Waals surface area contributed by atoms with Crippen LogP contribution in [0.2, 0.25) is 0 Å². The second-order valence-electron chi connectivity index (χ2n) is 25.9. The molecule has 4 aromatic heterocycles. The molecule has 8 aromatic rings. The number of benzene rings is 4. The number of alkyl halides is 12. The summed E-state index contributed by atoms with van der Waals surface area (Å²) >= 11 is 0. The molecule has 2 atom stereocenters. The van der Waals surface area contributed by atoms with Crippen molar-refractivity contribution in [1.29, 1.82) is 0 Å². The van der Waals surface area contributed by atoms with Gasteiger partial charge in [-0.05, 0) is 183 Å². The van der Waals surface area contributed by atoms with Crippen molar-refractivity contribution < 1.29 is 84.9 Å². The number of halogens is 16. The van der Waals surface area contributed by atoms with E-state index in [2.05, 4.69) is 40.6 Å². The van der Waals surface area contributed by atoms with Crippen molar-refractivity contribution in [2.24, 2.45) is 37.8 Å². The fraction of sp³-hybridized carbons (Fsp3) is 0.485. The van der Waals surface area contributed by atoms with Crippen LogP contribution in [0.5, 0.6) is 0 Å². The number of aromatic nitrogens is 10. The van der Waals surface area contributed by atoms with E-state index in [0.717, 1.165) is 117 Å². The minimum Gasteiger partial charge on any atom is -0.481 e. The molecule has 33 heteroatoms. The highest BCUT2D eigenvalue weighted by Crippen LogP contribution is 2.45. The Balaban J connectivity index is 0.000000200. The number of rotatable bonds is 18. The zero-order valence-corrected chi connectivity index (χ0v) is 53.2. The topological polar surface area (TPSA) is 180 Å². The van der Waals surface area contributed by atoms with Crippen LogP contribution < -0.4 is 19.6 Å². The normalized spacial score (nSPS) is 20.2. The number of nitrogens with zero attached hydrogens (tertiary/aromatic N) is 14. The minimum absolute atomic E-state index is 0.0179. The van der Waals surface area contributed by atoms with Crippen molar-refractivity contribution in [3.63, 3.8) is 0 Å². The molecule has 6 heterocycles. The fourth-order valence-corrected chi connectivity index (χ4v) is 14.5. The number of carboxylic acids is 1. The van der Waals surface area contributed by atoms with Crippen molar-refractivity contribution >= 4 is 57.6 Å². The lowest BCUT2D eigenvalue weighted by atomic mass is 9.76. The maximum Gasteiger partial charge on any atom is 0.416 e. The highest BCUT2D eigenvalue weighted by atomic mass is 19.4. The molecular formula is C66H66F16N14O3. The smallest absolute Gasteiger partial charge is 0.416 e. The third-order valence-electron chi connectivity index (χ3n) is 19.1. The molecule has 4 aliphatic rings. The molecule has 1 N–H and O–H groups in total. The van der Waals surface area contributed by atoms with Crippen LogP contribution >= 0.6 is 0 Å². The van der Waals surface area contributed by atoms with E-state index in [9.17, 15) is 84.9 Å². The molecule has 12 rings (SSSR count). The first kappa shape index (κ1) is 71.3. The van der Waals surface area contributed by atoms with Gasteiger partial charge in [0.15, 0.2) is 23.3 Å². The Morgan fingerprint density at radius 3 is 1.19 bits per heavy atom. The summed E-state index contributed by atoms with van der Waals surface area (Å²) in [5, 5.41) is 33.7. The fourth-order valence-electron chi connectivity index (χ4n) is 14.5. The van der Waals surface area contributed by atoms with Crippen LogP contribution in [0, 0.1) is 46.9 Å². The number of tetrazole rings is 2. The van der Waals surface area contributed by atoms with Crippen LogP contribution in [0.3, 0.4) is 0 Å². The van der Waals surface area contributed by atoms with Crippen molar-refractivity contribution in [1.82, 2.24) is 50.4 Å². The quantitative estimate of drug-likeness (QED) is 0.0633. The average molecular weight is 1410 g/mol. The molecule has 4 aromatic carbocycles. The SMILES string of the molecule is Cn1nnc(N(Cc2cc(C(F)(F)F)cc(C(F)(F)F)c2)Cc2cc3cc(F)c(F)cc3nc2N2CCC[C@@H]2C2CCC(CC(=O)O)CC2)n1.Cn1nnc(N(Cc2cc(C(F)(F)F)cc(C(F)(F)F)c2)Cc2cc3cc(F)c(F)cc3nc2N2CCC[C@@H]2C2CCC(CC=O)CC2)n1. The minimum atomic E-state index is -5.06. The zero-order valence-electron chi connectivity index (χ0n) is 53.2. The van der Waals surface area contributed by atoms with Crippen LogP contribution in [0.25, 0.3) is 21.8 Å². The highest BCUT2D eigenvalue weighted by Gasteiger charge is 2.42. The summed E-state index contributed by atoms with van der Waals surface area (Å²) in [6.07, 6.45) is -8.72. The van der Waals surface area contributed by atoms with E-state index in [0.29, 0.717) is 72.5 Å².